The molecule has 4 aliphatic rings. The lowest BCUT2D eigenvalue weighted by molar-refractivity contribution is -0.137. The fourth-order valence-corrected chi connectivity index (χ4v) is 13.3. The number of hydrogen-bond donors (Lipinski definition) is 2. The molecule has 398 valence electrons. The maximum Gasteiger partial charge on any atom is 0.417 e. The monoisotopic (exact) mass is 1090 g/mol. The number of nitrogens with one attached hydrogen (secondary N) is 1. The van der Waals surface area contributed by atoms with Crippen molar-refractivity contribution in [2.45, 2.75) is 73.2 Å². The second-order valence-corrected chi connectivity index (χ2v) is 21.3. The number of amides is 2. The van der Waals surface area contributed by atoms with Gasteiger partial charge in [-0.25, -0.2) is 18.4 Å². The molecule has 6 heterocycles. The van der Waals surface area contributed by atoms with E-state index in [1.54, 1.807) is 23.6 Å². The van der Waals surface area contributed by atoms with Crippen molar-refractivity contribution < 1.29 is 44.7 Å². The van der Waals surface area contributed by atoms with Gasteiger partial charge < -0.3 is 30.7 Å². The van der Waals surface area contributed by atoms with E-state index in [-0.39, 0.29) is 141 Å². The number of carbonyl (C=O) groups is 2. The number of thioether (sulfide) groups is 2. The van der Waals surface area contributed by atoms with Crippen LogP contribution in [0.4, 0.5) is 46.8 Å². The average molecular weight is 1090 g/mol. The molecule has 24 heteroatoms. The number of anilines is 2. The number of rotatable bonds is 8. The van der Waals surface area contributed by atoms with E-state index in [2.05, 4.69) is 28.4 Å². The quantitative estimate of drug-likeness (QED) is 0.113. The molecule has 0 radical (unpaired) electrons. The van der Waals surface area contributed by atoms with Gasteiger partial charge in [0.25, 0.3) is 5.91 Å². The third-order valence-corrected chi connectivity index (χ3v) is 16.7. The summed E-state index contributed by atoms with van der Waals surface area (Å²) in [6, 6.07) is 8.30. The minimum Gasteiger partial charge on any atom is -0.376 e. The fourth-order valence-electron chi connectivity index (χ4n) is 10.8. The van der Waals surface area contributed by atoms with Gasteiger partial charge in [-0.2, -0.15) is 36.3 Å². The molecule has 3 N–H and O–H groups in total. The molecule has 2 fully saturated rings. The summed E-state index contributed by atoms with van der Waals surface area (Å²) in [6.07, 6.45) is -8.67. The topological polar surface area (TPSA) is 155 Å². The van der Waals surface area contributed by atoms with Crippen molar-refractivity contribution in [3.8, 4) is 22.3 Å². The molecule has 2 aromatic heterocycles. The lowest BCUT2D eigenvalue weighted by Gasteiger charge is -2.45. The van der Waals surface area contributed by atoms with E-state index in [4.69, 9.17) is 5.73 Å². The third-order valence-electron chi connectivity index (χ3n) is 14.1. The van der Waals surface area contributed by atoms with Crippen molar-refractivity contribution in [1.82, 2.24) is 34.2 Å². The number of benzene rings is 4. The Morgan fingerprint density at radius 1 is 0.697 bits per heavy atom. The van der Waals surface area contributed by atoms with Gasteiger partial charge in [0, 0.05) is 114 Å². The summed E-state index contributed by atoms with van der Waals surface area (Å²) >= 11 is 2.08. The molecule has 0 aliphatic carbocycles. The highest BCUT2D eigenvalue weighted by atomic mass is 32.2. The number of halogens is 8. The highest BCUT2D eigenvalue weighted by Crippen LogP contribution is 2.50. The van der Waals surface area contributed by atoms with Crippen LogP contribution < -0.4 is 32.2 Å². The zero-order chi connectivity index (χ0) is 54.3. The van der Waals surface area contributed by atoms with Crippen molar-refractivity contribution in [2.75, 3.05) is 60.6 Å². The van der Waals surface area contributed by atoms with E-state index in [1.165, 1.54) is 43.2 Å². The number of aromatic nitrogens is 4. The van der Waals surface area contributed by atoms with E-state index < -0.39 is 76.6 Å². The van der Waals surface area contributed by atoms with Crippen LogP contribution in [0.2, 0.25) is 0 Å². The van der Waals surface area contributed by atoms with Gasteiger partial charge in [-0.05, 0) is 67.4 Å². The van der Waals surface area contributed by atoms with Gasteiger partial charge in [0.15, 0.2) is 0 Å². The van der Waals surface area contributed by atoms with Gasteiger partial charge in [-0.15, -0.1) is 23.5 Å². The lowest BCUT2D eigenvalue weighted by atomic mass is 9.96. The Morgan fingerprint density at radius 2 is 1.16 bits per heavy atom. The predicted octanol–water partition coefficient (Wildman–Crippen LogP) is 7.73. The predicted molar refractivity (Wildman–Crippen MR) is 275 cm³/mol. The smallest absolute Gasteiger partial charge is 0.376 e. The Hall–Kier alpha value is -6.92. The van der Waals surface area contributed by atoms with Crippen molar-refractivity contribution in [2.24, 2.45) is 5.73 Å². The summed E-state index contributed by atoms with van der Waals surface area (Å²) in [5.41, 5.74) is 2.62. The molecule has 0 spiro atoms. The maximum atomic E-state index is 15.3. The number of alkyl halides is 6. The van der Waals surface area contributed by atoms with Crippen LogP contribution in [0.15, 0.2) is 105 Å². The van der Waals surface area contributed by atoms with Crippen LogP contribution in [0.5, 0.6) is 0 Å². The van der Waals surface area contributed by atoms with Crippen LogP contribution >= 0.6 is 23.5 Å². The van der Waals surface area contributed by atoms with Gasteiger partial charge in [0.2, 0.25) is 5.91 Å². The first-order valence-corrected chi connectivity index (χ1v) is 26.1. The summed E-state index contributed by atoms with van der Waals surface area (Å²) in [5.74, 6) is -2.08. The molecule has 4 aromatic carbocycles. The average Bonchev–Trinajstić information content (AvgIpc) is 3.68. The molecular weight excluding hydrogens is 1040 g/mol. The Balaban J connectivity index is 0.966. The van der Waals surface area contributed by atoms with Crippen LogP contribution in [0, 0.1) is 11.6 Å². The van der Waals surface area contributed by atoms with Crippen molar-refractivity contribution in [1.29, 1.82) is 0 Å². The second-order valence-electron chi connectivity index (χ2n) is 19.2. The minimum atomic E-state index is -4.93. The highest BCUT2D eigenvalue weighted by molar-refractivity contribution is 8.00. The second kappa shape index (κ2) is 19.9. The molecular formula is C52H48F8N10O4S2. The van der Waals surface area contributed by atoms with Crippen molar-refractivity contribution >= 4 is 68.8 Å². The van der Waals surface area contributed by atoms with Crippen LogP contribution in [0.1, 0.15) is 25.0 Å². The fraction of sp³-hybridized carbons (Fsp3) is 0.346. The number of hydrogen-bond acceptors (Lipinski definition) is 12. The summed E-state index contributed by atoms with van der Waals surface area (Å²) in [7, 11) is 0. The van der Waals surface area contributed by atoms with E-state index >= 15 is 26.3 Å². The molecule has 4 atom stereocenters. The Kier molecular flexibility index (Phi) is 13.7. The first kappa shape index (κ1) is 52.5. The molecule has 4 aliphatic heterocycles. The summed E-state index contributed by atoms with van der Waals surface area (Å²) in [6.45, 7) is 11.5. The van der Waals surface area contributed by atoms with Gasteiger partial charge in [-0.1, -0.05) is 37.4 Å². The lowest BCUT2D eigenvalue weighted by Crippen LogP contribution is -2.60. The van der Waals surface area contributed by atoms with Crippen LogP contribution in [-0.2, 0) is 35.0 Å². The summed E-state index contributed by atoms with van der Waals surface area (Å²) in [5, 5.41) is 3.19. The van der Waals surface area contributed by atoms with Crippen LogP contribution in [0.25, 0.3) is 44.1 Å². The molecule has 2 saturated heterocycles. The highest BCUT2D eigenvalue weighted by Gasteiger charge is 2.42. The Bertz CT molecular complexity index is 3480. The molecule has 6 aromatic rings. The van der Waals surface area contributed by atoms with Gasteiger partial charge in [-0.3, -0.25) is 18.7 Å². The first-order chi connectivity index (χ1) is 36.0. The molecule has 76 heavy (non-hydrogen) atoms. The Morgan fingerprint density at radius 3 is 1.63 bits per heavy atom. The first-order valence-electron chi connectivity index (χ1n) is 24.1. The number of piperazine rings is 2. The molecule has 0 saturated carbocycles. The van der Waals surface area contributed by atoms with Gasteiger partial charge in [0.05, 0.1) is 33.9 Å². The molecule has 2 amide bonds. The van der Waals surface area contributed by atoms with Crippen LogP contribution in [0.3, 0.4) is 0 Å². The van der Waals surface area contributed by atoms with E-state index in [1.807, 2.05) is 0 Å². The normalized spacial score (nSPS) is 20.1. The third kappa shape index (κ3) is 9.56. The largest absolute Gasteiger partial charge is 0.417 e. The van der Waals surface area contributed by atoms with Crippen LogP contribution in [-0.4, -0.2) is 116 Å². The maximum absolute atomic E-state index is 15.3. The summed E-state index contributed by atoms with van der Waals surface area (Å²) in [4.78, 5) is 70.5. The number of nitrogens with zero attached hydrogens (tertiary/aromatic N) is 8. The standard InChI is InChI=1S/C52H48F8N10O4S2/c1-5-39(71)65-14-16-66(17-15-65)46-35-18-37(51(55,56)57)41(30-8-12-32(54)13-9-30)45-43(35)69(50(74)63-46)23-34(25-76-45)62-28(4)48(72)70-26(2)20-67(21-27(70)3)47-36-19-38(52(58,59)60)40(29-6-10-31(53)11-7-29)44-42(36)68(49(73)64-47)22-33(61)24-75-44/h5-13,18-19,26-27,33-34,62H,1,4,14-17,20-25,61H2,2-3H3/t26-,27+,33?,34?. The molecule has 0 bridgehead atoms. The van der Waals surface area contributed by atoms with Crippen molar-refractivity contribution in [3.05, 3.63) is 129 Å². The van der Waals surface area contributed by atoms with Gasteiger partial charge >= 0.3 is 23.7 Å². The zero-order valence-corrected chi connectivity index (χ0v) is 42.4. The summed E-state index contributed by atoms with van der Waals surface area (Å²) < 4.78 is 123. The molecule has 10 rings (SSSR count). The van der Waals surface area contributed by atoms with E-state index in [0.29, 0.717) is 0 Å². The van der Waals surface area contributed by atoms with Crippen molar-refractivity contribution in [3.63, 3.8) is 0 Å². The van der Waals surface area contributed by atoms with E-state index in [0.717, 1.165) is 66.0 Å². The van der Waals surface area contributed by atoms with E-state index in [9.17, 15) is 28.0 Å². The number of nitrogens with two attached hydrogens (primary N) is 1. The minimum absolute atomic E-state index is 0.00442. The Labute approximate surface area is 437 Å². The number of carbonyl (C=O) groups excluding carboxylic acids is 2. The SMILES string of the molecule is C=CC(=O)N1CCN(c2nc(=O)n3c4c(c(-c5ccc(F)cc5)c(C(F)(F)F)cc24)SCC(NC(=C)C(=O)N2[C@H](C)CN(c4nc(=O)n5c6c(c(-c7ccc(F)cc7)c(C(F)(F)F)cc46)SCC(N)C5)C[C@@H]2C)C3)CC1. The van der Waals surface area contributed by atoms with Gasteiger partial charge in [0.1, 0.15) is 23.3 Å². The molecule has 14 nitrogen and oxygen atoms in total. The molecule has 2 unspecified atom stereocenters. The zero-order valence-electron chi connectivity index (χ0n) is 40.8.